The highest BCUT2D eigenvalue weighted by molar-refractivity contribution is 5.85. The van der Waals surface area contributed by atoms with Crippen LogP contribution in [0.3, 0.4) is 0 Å². The number of ether oxygens (including phenoxy) is 1. The first-order chi connectivity index (χ1) is 9.52. The molecule has 1 amide bonds. The van der Waals surface area contributed by atoms with Crippen LogP contribution in [0.5, 0.6) is 0 Å². The maximum absolute atomic E-state index is 12.2. The Balaban J connectivity index is 1.92. The van der Waals surface area contributed by atoms with Crippen molar-refractivity contribution in [3.05, 3.63) is 0 Å². The zero-order chi connectivity index (χ0) is 14.8. The van der Waals surface area contributed by atoms with E-state index in [1.165, 1.54) is 12.8 Å². The number of carboxylic acid groups (broad SMARTS) is 1. The Morgan fingerprint density at radius 1 is 1.25 bits per heavy atom. The molecule has 1 aliphatic heterocycles. The summed E-state index contributed by atoms with van der Waals surface area (Å²) in [6, 6.07) is 0.0650. The van der Waals surface area contributed by atoms with Gasteiger partial charge in [-0.3, -0.25) is 9.59 Å². The van der Waals surface area contributed by atoms with Gasteiger partial charge in [0.25, 0.3) is 0 Å². The first-order valence-electron chi connectivity index (χ1n) is 7.66. The Labute approximate surface area is 120 Å². The summed E-state index contributed by atoms with van der Waals surface area (Å²) in [7, 11) is 0. The van der Waals surface area contributed by atoms with Gasteiger partial charge in [0.2, 0.25) is 5.91 Å². The van der Waals surface area contributed by atoms with E-state index >= 15 is 0 Å². The normalized spacial score (nSPS) is 26.5. The highest BCUT2D eigenvalue weighted by Gasteiger charge is 2.42. The predicted molar refractivity (Wildman–Crippen MR) is 74.3 cm³/mol. The zero-order valence-electron chi connectivity index (χ0n) is 12.4. The molecule has 0 aromatic carbocycles. The summed E-state index contributed by atoms with van der Waals surface area (Å²) in [5.74, 6) is -0.444. The molecule has 2 fully saturated rings. The van der Waals surface area contributed by atoms with Crippen molar-refractivity contribution in [3.8, 4) is 0 Å². The highest BCUT2D eigenvalue weighted by atomic mass is 16.5. The van der Waals surface area contributed by atoms with Crippen molar-refractivity contribution < 1.29 is 19.4 Å². The quantitative estimate of drug-likeness (QED) is 0.749. The van der Waals surface area contributed by atoms with Crippen LogP contribution in [-0.4, -0.2) is 35.7 Å². The molecule has 1 aliphatic carbocycles. The Morgan fingerprint density at radius 3 is 2.40 bits per heavy atom. The highest BCUT2D eigenvalue weighted by Crippen LogP contribution is 2.39. The fourth-order valence-electron chi connectivity index (χ4n) is 3.10. The largest absolute Gasteiger partial charge is 0.481 e. The standard InChI is InChI=1S/C15H25NO4/c1-3-15(4-2,14(18)19)9-12(17)16-11-7-8-20-13(11)10-5-6-10/h10-11,13H,3-9H2,1-2H3,(H,16,17)(H,18,19). The predicted octanol–water partition coefficient (Wildman–Crippen LogP) is 1.95. The lowest BCUT2D eigenvalue weighted by Gasteiger charge is -2.27. The van der Waals surface area contributed by atoms with E-state index in [4.69, 9.17) is 4.74 Å². The van der Waals surface area contributed by atoms with Crippen molar-refractivity contribution in [2.45, 2.75) is 64.5 Å². The molecule has 5 nitrogen and oxygen atoms in total. The Kier molecular flexibility index (Phi) is 4.68. The van der Waals surface area contributed by atoms with Crippen LogP contribution in [0.2, 0.25) is 0 Å². The minimum absolute atomic E-state index is 0.0587. The molecule has 5 heteroatoms. The van der Waals surface area contributed by atoms with E-state index in [2.05, 4.69) is 5.32 Å². The lowest BCUT2D eigenvalue weighted by molar-refractivity contribution is -0.152. The SMILES string of the molecule is CCC(CC)(CC(=O)NC1CCOC1C1CC1)C(=O)O. The molecule has 0 aromatic heterocycles. The lowest BCUT2D eigenvalue weighted by Crippen LogP contribution is -2.44. The van der Waals surface area contributed by atoms with Crippen molar-refractivity contribution >= 4 is 11.9 Å². The fourth-order valence-corrected chi connectivity index (χ4v) is 3.10. The van der Waals surface area contributed by atoms with Gasteiger partial charge in [-0.25, -0.2) is 0 Å². The summed E-state index contributed by atoms with van der Waals surface area (Å²) in [6.45, 7) is 4.35. The topological polar surface area (TPSA) is 75.6 Å². The average molecular weight is 283 g/mol. The van der Waals surface area contributed by atoms with Gasteiger partial charge in [-0.05, 0) is 38.0 Å². The van der Waals surface area contributed by atoms with Crippen LogP contribution in [-0.2, 0) is 14.3 Å². The van der Waals surface area contributed by atoms with E-state index in [9.17, 15) is 14.7 Å². The molecule has 2 N–H and O–H groups in total. The smallest absolute Gasteiger partial charge is 0.310 e. The minimum atomic E-state index is -0.932. The summed E-state index contributed by atoms with van der Waals surface area (Å²) in [6.07, 6.45) is 4.34. The number of carbonyl (C=O) groups excluding carboxylic acids is 1. The average Bonchev–Trinajstić information content (AvgIpc) is 3.16. The van der Waals surface area contributed by atoms with E-state index < -0.39 is 11.4 Å². The first-order valence-corrected chi connectivity index (χ1v) is 7.66. The van der Waals surface area contributed by atoms with Crippen LogP contribution in [0, 0.1) is 11.3 Å². The van der Waals surface area contributed by atoms with Gasteiger partial charge >= 0.3 is 5.97 Å². The number of rotatable bonds is 7. The number of carboxylic acids is 1. The Bertz CT molecular complexity index is 374. The van der Waals surface area contributed by atoms with Crippen molar-refractivity contribution in [1.29, 1.82) is 0 Å². The molecule has 0 aromatic rings. The molecule has 2 unspecified atom stereocenters. The minimum Gasteiger partial charge on any atom is -0.481 e. The summed E-state index contributed by atoms with van der Waals surface area (Å²) >= 11 is 0. The number of aliphatic carboxylic acids is 1. The molecule has 114 valence electrons. The second-order valence-corrected chi connectivity index (χ2v) is 6.10. The molecule has 1 saturated heterocycles. The number of hydrogen-bond acceptors (Lipinski definition) is 3. The summed E-state index contributed by atoms with van der Waals surface area (Å²) in [5.41, 5.74) is -0.932. The Morgan fingerprint density at radius 2 is 1.90 bits per heavy atom. The second-order valence-electron chi connectivity index (χ2n) is 6.10. The second kappa shape index (κ2) is 6.12. The van der Waals surface area contributed by atoms with Crippen LogP contribution >= 0.6 is 0 Å². The van der Waals surface area contributed by atoms with Crippen molar-refractivity contribution in [3.63, 3.8) is 0 Å². The van der Waals surface area contributed by atoms with Crippen molar-refractivity contribution in [2.24, 2.45) is 11.3 Å². The molecule has 0 spiro atoms. The number of carbonyl (C=O) groups is 2. The molecule has 2 rings (SSSR count). The molecule has 2 atom stereocenters. The molecule has 0 bridgehead atoms. The fraction of sp³-hybridized carbons (Fsp3) is 0.867. The molecule has 1 saturated carbocycles. The lowest BCUT2D eigenvalue weighted by atomic mass is 9.79. The maximum atomic E-state index is 12.2. The van der Waals surface area contributed by atoms with E-state index in [1.54, 1.807) is 0 Å². The Hall–Kier alpha value is -1.10. The number of nitrogens with one attached hydrogen (secondary N) is 1. The third kappa shape index (κ3) is 3.14. The van der Waals surface area contributed by atoms with Crippen LogP contribution < -0.4 is 5.32 Å². The van der Waals surface area contributed by atoms with Gasteiger partial charge < -0.3 is 15.2 Å². The van der Waals surface area contributed by atoms with Crippen LogP contribution in [0.1, 0.15) is 52.4 Å². The molecular weight excluding hydrogens is 258 g/mol. The molecular formula is C15H25NO4. The van der Waals surface area contributed by atoms with E-state index in [1.807, 2.05) is 13.8 Å². The molecule has 0 radical (unpaired) electrons. The van der Waals surface area contributed by atoms with Gasteiger partial charge in [0.1, 0.15) is 0 Å². The third-order valence-corrected chi connectivity index (χ3v) is 4.87. The van der Waals surface area contributed by atoms with Gasteiger partial charge in [0.05, 0.1) is 17.6 Å². The first kappa shape index (κ1) is 15.3. The summed E-state index contributed by atoms with van der Waals surface area (Å²) in [4.78, 5) is 23.6. The van der Waals surface area contributed by atoms with Crippen molar-refractivity contribution in [2.75, 3.05) is 6.61 Å². The van der Waals surface area contributed by atoms with Crippen LogP contribution in [0.15, 0.2) is 0 Å². The maximum Gasteiger partial charge on any atom is 0.310 e. The third-order valence-electron chi connectivity index (χ3n) is 4.87. The molecule has 2 aliphatic rings. The van der Waals surface area contributed by atoms with Gasteiger partial charge in [-0.1, -0.05) is 13.8 Å². The van der Waals surface area contributed by atoms with E-state index in [0.29, 0.717) is 25.4 Å². The van der Waals surface area contributed by atoms with Gasteiger partial charge in [0.15, 0.2) is 0 Å². The van der Waals surface area contributed by atoms with E-state index in [-0.39, 0.29) is 24.5 Å². The van der Waals surface area contributed by atoms with Crippen LogP contribution in [0.25, 0.3) is 0 Å². The zero-order valence-corrected chi connectivity index (χ0v) is 12.4. The monoisotopic (exact) mass is 283 g/mol. The number of hydrogen-bond donors (Lipinski definition) is 2. The summed E-state index contributed by atoms with van der Waals surface area (Å²) < 4.78 is 5.69. The number of amides is 1. The van der Waals surface area contributed by atoms with Crippen molar-refractivity contribution in [1.82, 2.24) is 5.32 Å². The van der Waals surface area contributed by atoms with Gasteiger partial charge in [0, 0.05) is 13.0 Å². The summed E-state index contributed by atoms with van der Waals surface area (Å²) in [5, 5.41) is 12.4. The molecule has 1 heterocycles. The van der Waals surface area contributed by atoms with Gasteiger partial charge in [-0.15, -0.1) is 0 Å². The van der Waals surface area contributed by atoms with Gasteiger partial charge in [-0.2, -0.15) is 0 Å². The van der Waals surface area contributed by atoms with Crippen LogP contribution in [0.4, 0.5) is 0 Å². The van der Waals surface area contributed by atoms with E-state index in [0.717, 1.165) is 6.42 Å². The molecule has 20 heavy (non-hydrogen) atoms.